The summed E-state index contributed by atoms with van der Waals surface area (Å²) in [6.07, 6.45) is 3.15. The summed E-state index contributed by atoms with van der Waals surface area (Å²) in [6, 6.07) is 4.44. The Hall–Kier alpha value is -0.940. The van der Waals surface area contributed by atoms with E-state index >= 15 is 0 Å². The molecule has 0 aliphatic carbocycles. The number of hydrogen-bond acceptors (Lipinski definition) is 2. The van der Waals surface area contributed by atoms with Crippen LogP contribution in [0.4, 0.5) is 4.39 Å². The van der Waals surface area contributed by atoms with E-state index in [4.69, 9.17) is 0 Å². The molecule has 0 bridgehead atoms. The fraction of sp³-hybridized carbons (Fsp3) is 0.500. The molecule has 1 unspecified atom stereocenters. The van der Waals surface area contributed by atoms with Crippen molar-refractivity contribution in [2.45, 2.75) is 31.7 Å². The lowest BCUT2D eigenvalue weighted by Gasteiger charge is -2.40. The predicted octanol–water partition coefficient (Wildman–Crippen LogP) is 3.37. The molecule has 5 heteroatoms. The minimum Gasteiger partial charge on any atom is -0.480 e. The van der Waals surface area contributed by atoms with Crippen molar-refractivity contribution in [1.29, 1.82) is 0 Å². The van der Waals surface area contributed by atoms with Gasteiger partial charge >= 0.3 is 5.97 Å². The zero-order valence-corrected chi connectivity index (χ0v) is 12.4. The highest BCUT2D eigenvalue weighted by Crippen LogP contribution is 2.33. The third kappa shape index (κ3) is 2.67. The minimum atomic E-state index is -1.10. The molecule has 0 radical (unpaired) electrons. The summed E-state index contributed by atoms with van der Waals surface area (Å²) in [5, 5.41) is 9.65. The monoisotopic (exact) mass is 329 g/mol. The van der Waals surface area contributed by atoms with Crippen LogP contribution in [0.2, 0.25) is 0 Å². The maximum Gasteiger partial charge on any atom is 0.328 e. The Morgan fingerprint density at radius 3 is 2.53 bits per heavy atom. The maximum atomic E-state index is 13.3. The minimum absolute atomic E-state index is 0.300. The predicted molar refractivity (Wildman–Crippen MR) is 74.5 cm³/mol. The second-order valence-corrected chi connectivity index (χ2v) is 5.91. The number of hydrogen-bond donors (Lipinski definition) is 1. The van der Waals surface area contributed by atoms with Crippen molar-refractivity contribution in [3.8, 4) is 0 Å². The Morgan fingerprint density at radius 1 is 1.37 bits per heavy atom. The average Bonchev–Trinajstić information content (AvgIpc) is 2.41. The molecule has 1 N–H and O–H groups in total. The highest BCUT2D eigenvalue weighted by Gasteiger charge is 2.41. The molecule has 1 atom stereocenters. The summed E-state index contributed by atoms with van der Waals surface area (Å²) in [5.41, 5.74) is -0.494. The number of benzene rings is 1. The average molecular weight is 330 g/mol. The lowest BCUT2D eigenvalue weighted by atomic mass is 9.88. The molecule has 0 amide bonds. The molecule has 2 rings (SSSR count). The number of aliphatic carboxylic acids is 1. The molecule has 104 valence electrons. The zero-order chi connectivity index (χ0) is 14.0. The first kappa shape index (κ1) is 14.5. The van der Waals surface area contributed by atoms with Gasteiger partial charge in [-0.15, -0.1) is 0 Å². The second kappa shape index (κ2) is 5.59. The standard InChI is InChI=1S/C14H17BrFNO2/c1-14(13(18)19,17-7-3-2-4-8-17)10-5-6-12(16)11(15)9-10/h5-6,9H,2-4,7-8H2,1H3,(H,18,19). The van der Waals surface area contributed by atoms with Gasteiger partial charge < -0.3 is 5.11 Å². The van der Waals surface area contributed by atoms with Gasteiger partial charge in [-0.2, -0.15) is 0 Å². The van der Waals surface area contributed by atoms with Gasteiger partial charge in [0.05, 0.1) is 4.47 Å². The van der Waals surface area contributed by atoms with E-state index in [2.05, 4.69) is 15.9 Å². The van der Waals surface area contributed by atoms with Crippen molar-refractivity contribution >= 4 is 21.9 Å². The number of likely N-dealkylation sites (tertiary alicyclic amines) is 1. The number of nitrogens with zero attached hydrogens (tertiary/aromatic N) is 1. The molecule has 1 aliphatic rings. The molecule has 1 fully saturated rings. The number of carbonyl (C=O) groups is 1. The smallest absolute Gasteiger partial charge is 0.328 e. The first-order chi connectivity index (χ1) is 8.96. The largest absolute Gasteiger partial charge is 0.480 e. The first-order valence-electron chi connectivity index (χ1n) is 6.40. The molecule has 1 aliphatic heterocycles. The Kier molecular flexibility index (Phi) is 4.26. The van der Waals surface area contributed by atoms with Gasteiger partial charge in [0.2, 0.25) is 0 Å². The van der Waals surface area contributed by atoms with Crippen LogP contribution in [0, 0.1) is 5.82 Å². The van der Waals surface area contributed by atoms with Gasteiger partial charge in [0.15, 0.2) is 0 Å². The Bertz CT molecular complexity index is 488. The highest BCUT2D eigenvalue weighted by atomic mass is 79.9. The summed E-state index contributed by atoms with van der Waals surface area (Å²) >= 11 is 3.13. The summed E-state index contributed by atoms with van der Waals surface area (Å²) in [7, 11) is 0. The van der Waals surface area contributed by atoms with E-state index in [1.54, 1.807) is 19.1 Å². The van der Waals surface area contributed by atoms with Crippen LogP contribution in [-0.2, 0) is 10.3 Å². The van der Waals surface area contributed by atoms with Crippen molar-refractivity contribution < 1.29 is 14.3 Å². The van der Waals surface area contributed by atoms with Crippen molar-refractivity contribution in [3.63, 3.8) is 0 Å². The van der Waals surface area contributed by atoms with Crippen LogP contribution in [0.25, 0.3) is 0 Å². The molecule has 0 spiro atoms. The molecule has 1 saturated heterocycles. The van der Waals surface area contributed by atoms with E-state index in [-0.39, 0.29) is 5.82 Å². The van der Waals surface area contributed by atoms with Gasteiger partial charge in [-0.05, 0) is 66.5 Å². The molecular formula is C14H17BrFNO2. The van der Waals surface area contributed by atoms with E-state index in [0.717, 1.165) is 32.4 Å². The van der Waals surface area contributed by atoms with Crippen LogP contribution >= 0.6 is 15.9 Å². The third-order valence-electron chi connectivity index (χ3n) is 3.89. The van der Waals surface area contributed by atoms with E-state index in [0.29, 0.717) is 10.0 Å². The van der Waals surface area contributed by atoms with Crippen LogP contribution in [0.1, 0.15) is 31.7 Å². The molecule has 0 aromatic heterocycles. The molecule has 0 saturated carbocycles. The molecule has 1 heterocycles. The number of carboxylic acid groups (broad SMARTS) is 1. The van der Waals surface area contributed by atoms with Crippen molar-refractivity contribution in [2.75, 3.05) is 13.1 Å². The lowest BCUT2D eigenvalue weighted by Crippen LogP contribution is -2.51. The van der Waals surface area contributed by atoms with Gasteiger partial charge in [-0.25, -0.2) is 9.18 Å². The molecule has 3 nitrogen and oxygen atoms in total. The van der Waals surface area contributed by atoms with Gasteiger partial charge in [-0.3, -0.25) is 4.90 Å². The van der Waals surface area contributed by atoms with E-state index in [1.165, 1.54) is 6.07 Å². The molecule has 1 aromatic rings. The number of halogens is 2. The quantitative estimate of drug-likeness (QED) is 0.924. The molecule has 1 aromatic carbocycles. The number of carboxylic acids is 1. The van der Waals surface area contributed by atoms with Gasteiger partial charge in [0.25, 0.3) is 0 Å². The number of piperidine rings is 1. The van der Waals surface area contributed by atoms with Crippen LogP contribution in [0.5, 0.6) is 0 Å². The SMILES string of the molecule is CC(C(=O)O)(c1ccc(F)c(Br)c1)N1CCCCC1. The van der Waals surface area contributed by atoms with Crippen LogP contribution < -0.4 is 0 Å². The normalized spacial score (nSPS) is 19.9. The van der Waals surface area contributed by atoms with Crippen LogP contribution in [0.3, 0.4) is 0 Å². The fourth-order valence-electron chi connectivity index (χ4n) is 2.58. The summed E-state index contributed by atoms with van der Waals surface area (Å²) in [5.74, 6) is -1.27. The first-order valence-corrected chi connectivity index (χ1v) is 7.19. The second-order valence-electron chi connectivity index (χ2n) is 5.05. The number of rotatable bonds is 3. The van der Waals surface area contributed by atoms with E-state index in [9.17, 15) is 14.3 Å². The van der Waals surface area contributed by atoms with E-state index in [1.807, 2.05) is 4.90 Å². The van der Waals surface area contributed by atoms with Crippen LogP contribution in [0.15, 0.2) is 22.7 Å². The van der Waals surface area contributed by atoms with E-state index < -0.39 is 11.5 Å². The summed E-state index contributed by atoms with van der Waals surface area (Å²) < 4.78 is 13.6. The van der Waals surface area contributed by atoms with Crippen LogP contribution in [-0.4, -0.2) is 29.1 Å². The van der Waals surface area contributed by atoms with Gasteiger partial charge in [0.1, 0.15) is 11.4 Å². The summed E-state index contributed by atoms with van der Waals surface area (Å²) in [6.45, 7) is 3.22. The Balaban J connectivity index is 2.42. The van der Waals surface area contributed by atoms with Crippen molar-refractivity contribution in [2.24, 2.45) is 0 Å². The van der Waals surface area contributed by atoms with Crippen molar-refractivity contribution in [3.05, 3.63) is 34.1 Å². The van der Waals surface area contributed by atoms with Gasteiger partial charge in [-0.1, -0.05) is 12.5 Å². The van der Waals surface area contributed by atoms with Crippen molar-refractivity contribution in [1.82, 2.24) is 4.90 Å². The maximum absolute atomic E-state index is 13.3. The zero-order valence-electron chi connectivity index (χ0n) is 10.8. The molecular weight excluding hydrogens is 313 g/mol. The molecule has 19 heavy (non-hydrogen) atoms. The fourth-order valence-corrected chi connectivity index (χ4v) is 2.96. The van der Waals surface area contributed by atoms with Gasteiger partial charge in [0, 0.05) is 0 Å². The Morgan fingerprint density at radius 2 is 2.00 bits per heavy atom. The Labute approximate surface area is 120 Å². The topological polar surface area (TPSA) is 40.5 Å². The third-order valence-corrected chi connectivity index (χ3v) is 4.49. The summed E-state index contributed by atoms with van der Waals surface area (Å²) in [4.78, 5) is 13.7. The lowest BCUT2D eigenvalue weighted by molar-refractivity contribution is -0.152. The highest BCUT2D eigenvalue weighted by molar-refractivity contribution is 9.10.